The van der Waals surface area contributed by atoms with Crippen LogP contribution in [0.1, 0.15) is 43.9 Å². The van der Waals surface area contributed by atoms with Crippen molar-refractivity contribution in [3.63, 3.8) is 0 Å². The van der Waals surface area contributed by atoms with Crippen molar-refractivity contribution < 1.29 is 9.84 Å². The van der Waals surface area contributed by atoms with Crippen LogP contribution >= 0.6 is 0 Å². The third-order valence-electron chi connectivity index (χ3n) is 3.79. The SMILES string of the molecule is CCOC1CCN(c2cc(C#N)ccc2C(C)O)CC1. The monoisotopic (exact) mass is 274 g/mol. The fourth-order valence-electron chi connectivity index (χ4n) is 2.74. The lowest BCUT2D eigenvalue weighted by molar-refractivity contribution is 0.0458. The average Bonchev–Trinajstić information content (AvgIpc) is 2.47. The predicted molar refractivity (Wildman–Crippen MR) is 78.7 cm³/mol. The maximum atomic E-state index is 9.90. The molecule has 20 heavy (non-hydrogen) atoms. The van der Waals surface area contributed by atoms with Gasteiger partial charge >= 0.3 is 0 Å². The van der Waals surface area contributed by atoms with Crippen LogP contribution in [0.25, 0.3) is 0 Å². The number of hydrogen-bond acceptors (Lipinski definition) is 4. The van der Waals surface area contributed by atoms with Gasteiger partial charge in [-0.1, -0.05) is 6.07 Å². The van der Waals surface area contributed by atoms with Crippen molar-refractivity contribution in [3.05, 3.63) is 29.3 Å². The van der Waals surface area contributed by atoms with Crippen LogP contribution in [-0.2, 0) is 4.74 Å². The molecule has 0 spiro atoms. The van der Waals surface area contributed by atoms with E-state index in [0.29, 0.717) is 11.7 Å². The molecule has 1 unspecified atom stereocenters. The zero-order valence-electron chi connectivity index (χ0n) is 12.2. The average molecular weight is 274 g/mol. The quantitative estimate of drug-likeness (QED) is 0.917. The summed E-state index contributed by atoms with van der Waals surface area (Å²) in [6, 6.07) is 7.66. The number of piperidine rings is 1. The first-order chi connectivity index (χ1) is 9.65. The van der Waals surface area contributed by atoms with Crippen molar-refractivity contribution in [1.29, 1.82) is 5.26 Å². The zero-order chi connectivity index (χ0) is 14.5. The van der Waals surface area contributed by atoms with E-state index < -0.39 is 6.10 Å². The van der Waals surface area contributed by atoms with Crippen molar-refractivity contribution in [2.75, 3.05) is 24.6 Å². The van der Waals surface area contributed by atoms with Gasteiger partial charge in [0.15, 0.2) is 0 Å². The van der Waals surface area contributed by atoms with Gasteiger partial charge in [-0.25, -0.2) is 0 Å². The number of ether oxygens (including phenoxy) is 1. The van der Waals surface area contributed by atoms with Crippen LogP contribution in [0.3, 0.4) is 0 Å². The molecule has 1 atom stereocenters. The van der Waals surface area contributed by atoms with Gasteiger partial charge in [0.2, 0.25) is 0 Å². The maximum Gasteiger partial charge on any atom is 0.0992 e. The molecule has 4 nitrogen and oxygen atoms in total. The zero-order valence-corrected chi connectivity index (χ0v) is 12.2. The lowest BCUT2D eigenvalue weighted by Gasteiger charge is -2.35. The summed E-state index contributed by atoms with van der Waals surface area (Å²) in [5.41, 5.74) is 2.50. The first kappa shape index (κ1) is 14.8. The number of aliphatic hydroxyl groups is 1. The van der Waals surface area contributed by atoms with Crippen LogP contribution in [0, 0.1) is 11.3 Å². The number of anilines is 1. The second-order valence-corrected chi connectivity index (χ2v) is 5.20. The Bertz CT molecular complexity index is 486. The molecular weight excluding hydrogens is 252 g/mol. The van der Waals surface area contributed by atoms with Crippen LogP contribution < -0.4 is 4.90 Å². The van der Waals surface area contributed by atoms with E-state index in [-0.39, 0.29) is 0 Å². The summed E-state index contributed by atoms with van der Waals surface area (Å²) in [5, 5.41) is 19.0. The summed E-state index contributed by atoms with van der Waals surface area (Å²) in [6.45, 7) is 6.35. The van der Waals surface area contributed by atoms with Crippen molar-refractivity contribution in [2.24, 2.45) is 0 Å². The van der Waals surface area contributed by atoms with Crippen LogP contribution in [0.2, 0.25) is 0 Å². The Labute approximate surface area is 120 Å². The van der Waals surface area contributed by atoms with Gasteiger partial charge < -0.3 is 14.7 Å². The van der Waals surface area contributed by atoms with Crippen molar-refractivity contribution in [2.45, 2.75) is 38.9 Å². The largest absolute Gasteiger partial charge is 0.389 e. The second-order valence-electron chi connectivity index (χ2n) is 5.20. The van der Waals surface area contributed by atoms with E-state index in [1.807, 2.05) is 19.1 Å². The number of nitriles is 1. The van der Waals surface area contributed by atoms with Gasteiger partial charge in [0, 0.05) is 30.9 Å². The molecule has 1 aromatic rings. The smallest absolute Gasteiger partial charge is 0.0992 e. The van der Waals surface area contributed by atoms with E-state index in [2.05, 4.69) is 11.0 Å². The molecule has 0 aromatic heterocycles. The van der Waals surface area contributed by atoms with Gasteiger partial charge in [0.05, 0.1) is 23.8 Å². The normalized spacial score (nSPS) is 17.8. The minimum atomic E-state index is -0.526. The molecule has 1 fully saturated rings. The Kier molecular flexibility index (Phi) is 4.99. The van der Waals surface area contributed by atoms with E-state index in [9.17, 15) is 5.11 Å². The van der Waals surface area contributed by atoms with E-state index in [0.717, 1.165) is 43.8 Å². The Hall–Kier alpha value is -1.57. The van der Waals surface area contributed by atoms with Crippen LogP contribution in [-0.4, -0.2) is 30.9 Å². The molecule has 1 saturated heterocycles. The van der Waals surface area contributed by atoms with E-state index in [1.54, 1.807) is 13.0 Å². The van der Waals surface area contributed by atoms with Gasteiger partial charge in [-0.05, 0) is 38.8 Å². The Morgan fingerprint density at radius 3 is 2.70 bits per heavy atom. The summed E-state index contributed by atoms with van der Waals surface area (Å²) in [6.07, 6.45) is 1.79. The predicted octanol–water partition coefficient (Wildman–Crippen LogP) is 2.62. The van der Waals surface area contributed by atoms with Gasteiger partial charge in [-0.15, -0.1) is 0 Å². The Morgan fingerprint density at radius 1 is 1.45 bits per heavy atom. The molecule has 4 heteroatoms. The van der Waals surface area contributed by atoms with Crippen LogP contribution in [0.15, 0.2) is 18.2 Å². The molecule has 1 aliphatic heterocycles. The topological polar surface area (TPSA) is 56.5 Å². The fourth-order valence-corrected chi connectivity index (χ4v) is 2.74. The molecule has 1 heterocycles. The maximum absolute atomic E-state index is 9.90. The molecule has 0 radical (unpaired) electrons. The highest BCUT2D eigenvalue weighted by Crippen LogP contribution is 2.30. The van der Waals surface area contributed by atoms with Crippen molar-refractivity contribution in [3.8, 4) is 6.07 Å². The van der Waals surface area contributed by atoms with Gasteiger partial charge in [-0.3, -0.25) is 0 Å². The molecule has 1 aliphatic rings. The molecule has 0 amide bonds. The lowest BCUT2D eigenvalue weighted by Crippen LogP contribution is -2.37. The molecule has 2 rings (SSSR count). The highest BCUT2D eigenvalue weighted by atomic mass is 16.5. The standard InChI is InChI=1S/C16H22N2O2/c1-3-20-14-6-8-18(9-7-14)16-10-13(11-17)4-5-15(16)12(2)19/h4-5,10,12,14,19H,3,6-9H2,1-2H3. The molecule has 0 bridgehead atoms. The van der Waals surface area contributed by atoms with E-state index in [4.69, 9.17) is 10.00 Å². The number of benzene rings is 1. The van der Waals surface area contributed by atoms with Crippen molar-refractivity contribution >= 4 is 5.69 Å². The third-order valence-corrected chi connectivity index (χ3v) is 3.79. The second kappa shape index (κ2) is 6.74. The highest BCUT2D eigenvalue weighted by Gasteiger charge is 2.22. The highest BCUT2D eigenvalue weighted by molar-refractivity contribution is 5.58. The number of rotatable bonds is 4. The van der Waals surface area contributed by atoms with Gasteiger partial charge in [-0.2, -0.15) is 5.26 Å². The first-order valence-corrected chi connectivity index (χ1v) is 7.24. The number of nitrogens with zero attached hydrogens (tertiary/aromatic N) is 2. The summed E-state index contributed by atoms with van der Waals surface area (Å²) in [4.78, 5) is 2.25. The fraction of sp³-hybridized carbons (Fsp3) is 0.562. The summed E-state index contributed by atoms with van der Waals surface area (Å²) < 4.78 is 5.66. The first-order valence-electron chi connectivity index (χ1n) is 7.24. The number of hydrogen-bond donors (Lipinski definition) is 1. The van der Waals surface area contributed by atoms with E-state index >= 15 is 0 Å². The summed E-state index contributed by atoms with van der Waals surface area (Å²) >= 11 is 0. The third kappa shape index (κ3) is 3.30. The van der Waals surface area contributed by atoms with Gasteiger partial charge in [0.1, 0.15) is 0 Å². The Balaban J connectivity index is 2.18. The van der Waals surface area contributed by atoms with Gasteiger partial charge in [0.25, 0.3) is 0 Å². The molecule has 0 aliphatic carbocycles. The Morgan fingerprint density at radius 2 is 2.15 bits per heavy atom. The van der Waals surface area contributed by atoms with Crippen LogP contribution in [0.4, 0.5) is 5.69 Å². The minimum absolute atomic E-state index is 0.338. The molecule has 108 valence electrons. The molecule has 1 aromatic carbocycles. The minimum Gasteiger partial charge on any atom is -0.389 e. The number of aliphatic hydroxyl groups excluding tert-OH is 1. The lowest BCUT2D eigenvalue weighted by atomic mass is 10.0. The molecular formula is C16H22N2O2. The van der Waals surface area contributed by atoms with Crippen molar-refractivity contribution in [1.82, 2.24) is 0 Å². The van der Waals surface area contributed by atoms with E-state index in [1.165, 1.54) is 0 Å². The molecule has 0 saturated carbocycles. The summed E-state index contributed by atoms with van der Waals surface area (Å²) in [7, 11) is 0. The van der Waals surface area contributed by atoms with Crippen LogP contribution in [0.5, 0.6) is 0 Å². The molecule has 1 N–H and O–H groups in total. The summed E-state index contributed by atoms with van der Waals surface area (Å²) in [5.74, 6) is 0.